The lowest BCUT2D eigenvalue weighted by Gasteiger charge is -2.68. The molecule has 2 aliphatic heterocycles. The summed E-state index contributed by atoms with van der Waals surface area (Å²) in [4.78, 5) is 52.8. The van der Waals surface area contributed by atoms with Crippen molar-refractivity contribution in [3.05, 3.63) is 76.8 Å². The number of aromatic amines is 1. The van der Waals surface area contributed by atoms with Crippen LogP contribution in [0, 0.1) is 117 Å². The molecule has 466 valence electrons. The Labute approximate surface area is 512 Å². The number of benzene rings is 1. The highest BCUT2D eigenvalue weighted by atomic mass is 33.1. The van der Waals surface area contributed by atoms with Gasteiger partial charge in [-0.1, -0.05) is 65.1 Å². The number of ether oxygens (including phenoxy) is 1. The summed E-state index contributed by atoms with van der Waals surface area (Å²) in [5.74, 6) is 0.395. The fourth-order valence-electron chi connectivity index (χ4n) is 21.7. The molecule has 8 fully saturated rings. The second kappa shape index (κ2) is 22.8. The van der Waals surface area contributed by atoms with Crippen LogP contribution in [0.1, 0.15) is 127 Å². The van der Waals surface area contributed by atoms with Crippen LogP contribution in [0.2, 0.25) is 0 Å². The zero-order valence-electron chi connectivity index (χ0n) is 49.7. The van der Waals surface area contributed by atoms with Crippen molar-refractivity contribution in [2.75, 3.05) is 31.2 Å². The molecule has 14 N–H and O–H groups in total. The largest absolute Gasteiger partial charge is 0.508 e. The Morgan fingerprint density at radius 3 is 2.41 bits per heavy atom. The van der Waals surface area contributed by atoms with Crippen LogP contribution in [0.3, 0.4) is 0 Å². The van der Waals surface area contributed by atoms with Crippen LogP contribution in [0.5, 0.6) is 5.75 Å². The van der Waals surface area contributed by atoms with Gasteiger partial charge in [0, 0.05) is 90.1 Å². The van der Waals surface area contributed by atoms with E-state index in [1.165, 1.54) is 16.4 Å². The second-order valence-corrected chi connectivity index (χ2v) is 31.7. The number of phenolic OH excluding ortho intramolecular Hbond substituents is 1. The van der Waals surface area contributed by atoms with Gasteiger partial charge in [0.05, 0.1) is 54.3 Å². The summed E-state index contributed by atoms with van der Waals surface area (Å²) in [6, 6.07) is 8.73. The first-order chi connectivity index (χ1) is 41.1. The number of rotatable bonds is 6. The second-order valence-electron chi connectivity index (χ2n) is 29.1. The van der Waals surface area contributed by atoms with Gasteiger partial charge in [-0.05, 0) is 177 Å². The van der Waals surface area contributed by atoms with Gasteiger partial charge in [0.15, 0.2) is 23.8 Å². The van der Waals surface area contributed by atoms with E-state index in [0.29, 0.717) is 42.3 Å². The molecule has 1 aromatic carbocycles. The number of allylic oxidation sites excluding steroid dienone is 3. The van der Waals surface area contributed by atoms with Gasteiger partial charge in [-0.25, -0.2) is 0 Å². The van der Waals surface area contributed by atoms with E-state index in [0.717, 1.165) is 43.2 Å². The molecule has 8 bridgehead atoms. The number of carbonyl (C=O) groups excluding carboxylic acids is 3. The zero-order chi connectivity index (χ0) is 60.5. The van der Waals surface area contributed by atoms with Gasteiger partial charge in [-0.3, -0.25) is 19.4 Å². The van der Waals surface area contributed by atoms with Gasteiger partial charge >= 0.3 is 5.97 Å². The summed E-state index contributed by atoms with van der Waals surface area (Å²) in [5.41, 5.74) is 9.58. The van der Waals surface area contributed by atoms with Crippen molar-refractivity contribution >= 4 is 45.1 Å². The average Bonchev–Trinajstić information content (AvgIpc) is 1.30. The van der Waals surface area contributed by atoms with Crippen molar-refractivity contribution in [3.8, 4) is 17.6 Å². The first kappa shape index (κ1) is 60.5. The minimum Gasteiger partial charge on any atom is -0.508 e. The van der Waals surface area contributed by atoms with Crippen LogP contribution in [0.15, 0.2) is 70.6 Å². The molecule has 1 spiro atoms. The Kier molecular flexibility index (Phi) is 16.1. The Morgan fingerprint density at radius 1 is 0.884 bits per heavy atom. The van der Waals surface area contributed by atoms with Crippen LogP contribution in [-0.2, 0) is 19.1 Å². The number of carbonyl (C=O) groups is 3. The first-order valence-corrected chi connectivity index (χ1v) is 34.5. The molecule has 13 rings (SSSR count). The Hall–Kier alpha value is -4.36. The maximum Gasteiger partial charge on any atom is 0.313 e. The fourth-order valence-corrected chi connectivity index (χ4v) is 24.5. The van der Waals surface area contributed by atoms with Crippen LogP contribution in [0.4, 0.5) is 0 Å². The van der Waals surface area contributed by atoms with Crippen molar-refractivity contribution in [2.24, 2.45) is 122 Å². The number of aliphatic hydroxyl groups excluding tert-OH is 4. The molecule has 2 aromatic rings. The normalized spacial score (nSPS) is 46.5. The topological polar surface area (TPSA) is 315 Å². The van der Waals surface area contributed by atoms with Gasteiger partial charge in [-0.15, -0.1) is 5.92 Å². The van der Waals surface area contributed by atoms with Gasteiger partial charge in [0.2, 0.25) is 0 Å². The predicted octanol–water partition coefficient (Wildman–Crippen LogP) is 5.67. The van der Waals surface area contributed by atoms with E-state index in [1.807, 2.05) is 37.5 Å². The SMILES string of the molecule is C[C@@H]1CCC2=C[C@H]3CC[C@H]4[C@H]([C@H]5COC(=O)[C@@H]5c5cc[nH]c5)C#CC[C@@H]5C[C@@]6(O)C7=C8NCC(=O)C[C@H](c9ccc(O)cc9)CSSC[C@H]9[C@@H](O)[C@@H](O)C[C@](C)([C@H]7[C@@H]7CC[C@@H](CN=C(N)N)[C@@]6(C7)[C@H]5[C@@](C)(O)[C@H](O)C[C@@H](C(O)O)[C@H]3[C@@H]4[C@H]2C1)[C@@H]9C8=O. The van der Waals surface area contributed by atoms with E-state index in [-0.39, 0.29) is 134 Å². The van der Waals surface area contributed by atoms with Crippen molar-refractivity contribution < 1.29 is 60.0 Å². The maximum atomic E-state index is 16.3. The number of guanidine groups is 1. The molecule has 19 heteroatoms. The molecule has 0 radical (unpaired) electrons. The summed E-state index contributed by atoms with van der Waals surface area (Å²) in [6.07, 6.45) is 6.13. The molecular formula is C67H89N5O12S2. The molecule has 86 heavy (non-hydrogen) atoms. The highest BCUT2D eigenvalue weighted by Gasteiger charge is 2.79. The molecule has 2 saturated heterocycles. The molecule has 3 heterocycles. The standard InChI is InChI=1S/C67H89N5O12S2/c1-32-7-8-34-20-35-12-16-44-43(47-29-84-62(81)52(47)38-17-18-70-26-38)6-4-5-37-24-67(83)56-54(36-9-13-40(27-72-63(68)69)66(67,23-36)60(37)65(3,82)50(76)22-46(61(79)80)51(35)53(44)45(34)19-32)64(2)25-49(75)58(77)48-31-86-85-30-39(33-10-14-41(73)15-11-33)21-42(74)28-71-57(56)59(78)55(48)64/h10-11,14-15,17-18,20,26,32,35-37,39-40,43-55,58,60-61,70-71,73,75-77,79-80,82-83H,5,7-9,12-13,16,19,21-25,27-31H2,1-3H3,(H4,68,69,72)/t32-,35-,36-,37-,39+,40+,43-,44+,45+,46-,47-,48-,49+,50-,51+,52-,53+,54+,55+,58-,60-,64-,65+,66+,67-/m1/s1. The molecular weight excluding hydrogens is 1130 g/mol. The number of fused-ring (bicyclic) bond motifs is 8. The Bertz CT molecular complexity index is 3100. The molecule has 6 saturated carbocycles. The smallest absolute Gasteiger partial charge is 0.313 e. The summed E-state index contributed by atoms with van der Waals surface area (Å²) in [6.45, 7) is 5.90. The quantitative estimate of drug-likeness (QED) is 0.0316. The van der Waals surface area contributed by atoms with E-state index in [4.69, 9.17) is 16.2 Å². The lowest BCUT2D eigenvalue weighted by atomic mass is 9.37. The Morgan fingerprint density at radius 2 is 1.66 bits per heavy atom. The molecule has 0 amide bonds. The zero-order valence-corrected chi connectivity index (χ0v) is 51.3. The average molecular weight is 1220 g/mol. The van der Waals surface area contributed by atoms with Crippen LogP contribution >= 0.6 is 21.6 Å². The summed E-state index contributed by atoms with van der Waals surface area (Å²) in [5, 5.41) is 104. The predicted molar refractivity (Wildman–Crippen MR) is 326 cm³/mol. The molecule has 11 aliphatic rings. The number of ketones is 2. The van der Waals surface area contributed by atoms with Crippen molar-refractivity contribution in [1.29, 1.82) is 0 Å². The minimum atomic E-state index is -2.06. The molecule has 0 unspecified atom stereocenters. The number of Topliss-reactive ketones (excluding diaryl/α,β-unsaturated/α-hetero) is 2. The number of phenols is 1. The molecule has 17 nitrogen and oxygen atoms in total. The molecule has 9 aliphatic carbocycles. The summed E-state index contributed by atoms with van der Waals surface area (Å²) < 4.78 is 6.05. The lowest BCUT2D eigenvalue weighted by molar-refractivity contribution is -0.233. The van der Waals surface area contributed by atoms with E-state index < -0.39 is 99.9 Å². The molecule has 1 aromatic heterocycles. The lowest BCUT2D eigenvalue weighted by Crippen LogP contribution is -2.71. The van der Waals surface area contributed by atoms with Crippen molar-refractivity contribution in [3.63, 3.8) is 0 Å². The summed E-state index contributed by atoms with van der Waals surface area (Å²) in [7, 11) is 3.06. The third kappa shape index (κ3) is 9.67. The van der Waals surface area contributed by atoms with Crippen LogP contribution in [-0.4, -0.2) is 136 Å². The number of cyclic esters (lactones) is 1. The van der Waals surface area contributed by atoms with E-state index in [9.17, 15) is 45.3 Å². The third-order valence-electron chi connectivity index (χ3n) is 24.9. The number of hydrogen-bond donors (Lipinski definition) is 12. The number of aromatic hydroxyl groups is 1. The van der Waals surface area contributed by atoms with E-state index >= 15 is 9.90 Å². The van der Waals surface area contributed by atoms with Crippen LogP contribution < -0.4 is 16.8 Å². The number of aliphatic hydroxyl groups is 7. The van der Waals surface area contributed by atoms with Crippen molar-refractivity contribution in [2.45, 2.75) is 152 Å². The maximum absolute atomic E-state index is 16.3. The molecule has 25 atom stereocenters. The number of nitrogens with two attached hydrogens (primary N) is 2. The van der Waals surface area contributed by atoms with Crippen molar-refractivity contribution in [1.82, 2.24) is 10.3 Å². The third-order valence-corrected chi connectivity index (χ3v) is 27.4. The number of esters is 1. The summed E-state index contributed by atoms with van der Waals surface area (Å²) >= 11 is 0. The van der Waals surface area contributed by atoms with Gasteiger partial charge in [-0.2, -0.15) is 0 Å². The van der Waals surface area contributed by atoms with Gasteiger partial charge in [0.1, 0.15) is 5.75 Å². The van der Waals surface area contributed by atoms with Gasteiger partial charge in [0.25, 0.3) is 0 Å². The Balaban J connectivity index is 1.00. The van der Waals surface area contributed by atoms with E-state index in [2.05, 4.69) is 40.1 Å². The number of nitrogens with one attached hydrogen (secondary N) is 2. The highest BCUT2D eigenvalue weighted by molar-refractivity contribution is 8.76. The number of aromatic nitrogens is 1. The van der Waals surface area contributed by atoms with E-state index in [1.54, 1.807) is 29.9 Å². The number of H-pyrrole nitrogens is 1. The first-order valence-electron chi connectivity index (χ1n) is 32.0. The minimum absolute atomic E-state index is 0.0268. The fraction of sp³-hybridized carbons (Fsp3) is 0.701. The highest BCUT2D eigenvalue weighted by Crippen LogP contribution is 2.77. The van der Waals surface area contributed by atoms with Gasteiger partial charge < -0.3 is 67.4 Å². The van der Waals surface area contributed by atoms with Crippen LogP contribution in [0.25, 0.3) is 0 Å². The monoisotopic (exact) mass is 1220 g/mol. The number of aliphatic imine (C=N–C) groups is 1. The number of hydrogen-bond acceptors (Lipinski definition) is 16. The number of nitrogens with zero attached hydrogens (tertiary/aromatic N) is 1.